The normalized spacial score (nSPS) is 12.6. The molecule has 0 fully saturated rings. The number of nitrogens with zero attached hydrogens (tertiary/aromatic N) is 2. The lowest BCUT2D eigenvalue weighted by Crippen LogP contribution is -2.28. The number of aryl methyl sites for hydroxylation is 1. The molecular weight excluding hydrogens is 498 g/mol. The van der Waals surface area contributed by atoms with Gasteiger partial charge in [-0.25, -0.2) is 18.6 Å². The van der Waals surface area contributed by atoms with E-state index in [0.29, 0.717) is 33.7 Å². The molecule has 1 N–H and O–H groups in total. The Balaban J connectivity index is 1.73. The van der Waals surface area contributed by atoms with Crippen LogP contribution in [0.3, 0.4) is 0 Å². The van der Waals surface area contributed by atoms with E-state index in [0.717, 1.165) is 16.7 Å². The van der Waals surface area contributed by atoms with Crippen LogP contribution in [0.5, 0.6) is 0 Å². The number of carbonyl (C=O) groups is 1. The maximum atomic E-state index is 13.9. The van der Waals surface area contributed by atoms with Crippen molar-refractivity contribution in [1.29, 1.82) is 0 Å². The Hall–Kier alpha value is -4.36. The molecule has 0 saturated heterocycles. The molecule has 0 radical (unpaired) electrons. The van der Waals surface area contributed by atoms with Gasteiger partial charge in [0, 0.05) is 17.3 Å². The first-order valence-corrected chi connectivity index (χ1v) is 12.6. The van der Waals surface area contributed by atoms with E-state index in [-0.39, 0.29) is 5.82 Å². The molecule has 5 nitrogen and oxygen atoms in total. The number of hydrogen-bond donors (Lipinski definition) is 1. The van der Waals surface area contributed by atoms with Gasteiger partial charge in [0.25, 0.3) is 0 Å². The molecule has 7 heteroatoms. The fraction of sp³-hybridized carbons (Fsp3) is 0.188. The summed E-state index contributed by atoms with van der Waals surface area (Å²) >= 11 is 0. The van der Waals surface area contributed by atoms with Crippen LogP contribution in [0.1, 0.15) is 38.0 Å². The van der Waals surface area contributed by atoms with Crippen LogP contribution in [0.25, 0.3) is 39.3 Å². The van der Waals surface area contributed by atoms with Crippen molar-refractivity contribution < 1.29 is 23.4 Å². The molecule has 0 saturated carbocycles. The molecule has 1 atom stereocenters. The minimum absolute atomic E-state index is 0.301. The topological polar surface area (TPSA) is 63.8 Å². The highest BCUT2D eigenvalue weighted by atomic mass is 19.1. The number of ether oxygens (including phenoxy) is 1. The molecule has 39 heavy (non-hydrogen) atoms. The molecule has 2 heterocycles. The van der Waals surface area contributed by atoms with Crippen LogP contribution in [0.15, 0.2) is 85.1 Å². The summed E-state index contributed by atoms with van der Waals surface area (Å²) in [7, 11) is 0. The number of halogens is 2. The van der Waals surface area contributed by atoms with Gasteiger partial charge in [0.15, 0.2) is 6.10 Å². The first-order chi connectivity index (χ1) is 18.5. The molecule has 3 aromatic carbocycles. The number of hydrogen-bond acceptors (Lipinski definition) is 3. The largest absolute Gasteiger partial charge is 0.479 e. The molecule has 0 amide bonds. The van der Waals surface area contributed by atoms with E-state index in [4.69, 9.17) is 9.72 Å². The van der Waals surface area contributed by atoms with Gasteiger partial charge in [0.2, 0.25) is 0 Å². The van der Waals surface area contributed by atoms with Crippen LogP contribution in [0.2, 0.25) is 0 Å². The van der Waals surface area contributed by atoms with Crippen molar-refractivity contribution in [2.75, 3.05) is 0 Å². The number of aliphatic carboxylic acids is 1. The van der Waals surface area contributed by atoms with Crippen LogP contribution in [-0.2, 0) is 9.53 Å². The van der Waals surface area contributed by atoms with Gasteiger partial charge in [-0.05, 0) is 98.5 Å². The molecule has 0 aliphatic heterocycles. The first-order valence-electron chi connectivity index (χ1n) is 12.6. The monoisotopic (exact) mass is 526 g/mol. The summed E-state index contributed by atoms with van der Waals surface area (Å²) in [6.45, 7) is 7.24. The van der Waals surface area contributed by atoms with Crippen LogP contribution in [0, 0.1) is 18.6 Å². The number of aromatic nitrogens is 2. The number of pyridine rings is 1. The number of rotatable bonds is 6. The van der Waals surface area contributed by atoms with E-state index in [9.17, 15) is 18.7 Å². The predicted octanol–water partition coefficient (Wildman–Crippen LogP) is 7.86. The Morgan fingerprint density at radius 2 is 1.46 bits per heavy atom. The van der Waals surface area contributed by atoms with Gasteiger partial charge in [0.1, 0.15) is 17.3 Å². The number of imidazole rings is 1. The molecule has 5 aromatic rings. The average molecular weight is 527 g/mol. The van der Waals surface area contributed by atoms with Gasteiger partial charge in [-0.2, -0.15) is 0 Å². The maximum Gasteiger partial charge on any atom is 0.337 e. The number of carboxylic acid groups (broad SMARTS) is 1. The molecule has 1 unspecified atom stereocenters. The zero-order valence-corrected chi connectivity index (χ0v) is 22.1. The van der Waals surface area contributed by atoms with Gasteiger partial charge in [-0.3, -0.25) is 4.40 Å². The van der Waals surface area contributed by atoms with Gasteiger partial charge in [0.05, 0.1) is 17.0 Å². The summed E-state index contributed by atoms with van der Waals surface area (Å²) in [4.78, 5) is 17.3. The van der Waals surface area contributed by atoms with Gasteiger partial charge < -0.3 is 9.84 Å². The SMILES string of the molecule is Cc1cc2nc(-c3cccc(-c4ccc(F)cc4)c3)cn2c(-c2ccc(F)cc2)c1C(OC(C)(C)C)C(=O)O. The van der Waals surface area contributed by atoms with E-state index in [1.54, 1.807) is 45.0 Å². The summed E-state index contributed by atoms with van der Waals surface area (Å²) in [5.41, 5.74) is 5.52. The van der Waals surface area contributed by atoms with Crippen molar-refractivity contribution in [1.82, 2.24) is 9.38 Å². The molecule has 2 aromatic heterocycles. The zero-order chi connectivity index (χ0) is 27.9. The summed E-state index contributed by atoms with van der Waals surface area (Å²) in [6, 6.07) is 21.8. The standard InChI is InChI=1S/C32H28F2N2O3/c1-19-16-27-35-26(23-7-5-6-22(17-23)20-8-12-24(33)13-9-20)18-36(27)29(21-10-14-25(34)15-11-21)28(19)30(31(37)38)39-32(2,3)4/h5-18,30H,1-4H3,(H,37,38). The van der Waals surface area contributed by atoms with Crippen LogP contribution in [0.4, 0.5) is 8.78 Å². The van der Waals surface area contributed by atoms with Gasteiger partial charge in [-0.1, -0.05) is 30.3 Å². The summed E-state index contributed by atoms with van der Waals surface area (Å²) in [6.07, 6.45) is 0.582. The molecule has 0 aliphatic carbocycles. The Morgan fingerprint density at radius 1 is 0.872 bits per heavy atom. The zero-order valence-electron chi connectivity index (χ0n) is 22.1. The van der Waals surface area contributed by atoms with E-state index in [2.05, 4.69) is 0 Å². The minimum atomic E-state index is -1.26. The van der Waals surface area contributed by atoms with Crippen LogP contribution < -0.4 is 0 Å². The van der Waals surface area contributed by atoms with Crippen molar-refractivity contribution in [3.8, 4) is 33.6 Å². The number of carboxylic acids is 1. The number of fused-ring (bicyclic) bond motifs is 1. The Bertz CT molecular complexity index is 1670. The fourth-order valence-electron chi connectivity index (χ4n) is 4.72. The highest BCUT2D eigenvalue weighted by Crippen LogP contribution is 2.37. The van der Waals surface area contributed by atoms with E-state index < -0.39 is 23.5 Å². The second-order valence-corrected chi connectivity index (χ2v) is 10.5. The van der Waals surface area contributed by atoms with Crippen molar-refractivity contribution in [3.63, 3.8) is 0 Å². The Morgan fingerprint density at radius 3 is 2.05 bits per heavy atom. The van der Waals surface area contributed by atoms with Crippen LogP contribution >= 0.6 is 0 Å². The number of benzene rings is 3. The summed E-state index contributed by atoms with van der Waals surface area (Å²) in [5.74, 6) is -1.82. The maximum absolute atomic E-state index is 13.9. The lowest BCUT2D eigenvalue weighted by molar-refractivity contribution is -0.160. The summed E-state index contributed by atoms with van der Waals surface area (Å²) in [5, 5.41) is 10.2. The van der Waals surface area contributed by atoms with Crippen LogP contribution in [-0.4, -0.2) is 26.1 Å². The third-order valence-electron chi connectivity index (χ3n) is 6.41. The second kappa shape index (κ2) is 10.1. The van der Waals surface area contributed by atoms with Gasteiger partial charge in [-0.15, -0.1) is 0 Å². The van der Waals surface area contributed by atoms with Crippen molar-refractivity contribution in [2.24, 2.45) is 0 Å². The quantitative estimate of drug-likeness (QED) is 0.245. The van der Waals surface area contributed by atoms with Crippen molar-refractivity contribution >= 4 is 11.6 Å². The lowest BCUT2D eigenvalue weighted by atomic mass is 9.96. The first kappa shape index (κ1) is 26.3. The molecule has 0 bridgehead atoms. The Labute approximate surface area is 225 Å². The third-order valence-corrected chi connectivity index (χ3v) is 6.41. The van der Waals surface area contributed by atoms with E-state index in [1.807, 2.05) is 47.9 Å². The van der Waals surface area contributed by atoms with Crippen molar-refractivity contribution in [3.05, 3.63) is 108 Å². The smallest absolute Gasteiger partial charge is 0.337 e. The highest BCUT2D eigenvalue weighted by Gasteiger charge is 2.32. The predicted molar refractivity (Wildman–Crippen MR) is 147 cm³/mol. The molecular formula is C32H28F2N2O3. The Kier molecular flexibility index (Phi) is 6.78. The van der Waals surface area contributed by atoms with Gasteiger partial charge >= 0.3 is 5.97 Å². The molecule has 198 valence electrons. The lowest BCUT2D eigenvalue weighted by Gasteiger charge is -2.28. The fourth-order valence-corrected chi connectivity index (χ4v) is 4.72. The summed E-state index contributed by atoms with van der Waals surface area (Å²) < 4.78 is 35.2. The van der Waals surface area contributed by atoms with E-state index >= 15 is 0 Å². The molecule has 0 aliphatic rings. The minimum Gasteiger partial charge on any atom is -0.479 e. The van der Waals surface area contributed by atoms with Crippen molar-refractivity contribution in [2.45, 2.75) is 39.4 Å². The average Bonchev–Trinajstić information content (AvgIpc) is 3.31. The second-order valence-electron chi connectivity index (χ2n) is 10.5. The molecule has 5 rings (SSSR count). The van der Waals surface area contributed by atoms with E-state index in [1.165, 1.54) is 24.3 Å². The highest BCUT2D eigenvalue weighted by molar-refractivity contribution is 5.82. The molecule has 0 spiro atoms. The third kappa shape index (κ3) is 5.45.